The molecule has 1 aromatic rings. The number of rotatable bonds is 8. The molecule has 3 rings (SSSR count). The lowest BCUT2D eigenvalue weighted by molar-refractivity contribution is -0.119. The van der Waals surface area contributed by atoms with Gasteiger partial charge in [0.15, 0.2) is 5.96 Å². The van der Waals surface area contributed by atoms with Gasteiger partial charge in [0.1, 0.15) is 0 Å². The van der Waals surface area contributed by atoms with Crippen LogP contribution in [0.5, 0.6) is 0 Å². The molecule has 30 heavy (non-hydrogen) atoms. The summed E-state index contributed by atoms with van der Waals surface area (Å²) in [6, 6.07) is 8.00. The number of amides is 1. The molecule has 1 aliphatic carbocycles. The van der Waals surface area contributed by atoms with Crippen LogP contribution in [0.25, 0.3) is 0 Å². The lowest BCUT2D eigenvalue weighted by Crippen LogP contribution is -2.44. The predicted octanol–water partition coefficient (Wildman–Crippen LogP) is 2.82. The molecule has 168 valence electrons. The largest absolute Gasteiger partial charge is 0.379 e. The van der Waals surface area contributed by atoms with E-state index >= 15 is 0 Å². The summed E-state index contributed by atoms with van der Waals surface area (Å²) >= 11 is 0. The van der Waals surface area contributed by atoms with Gasteiger partial charge in [-0.05, 0) is 37.5 Å². The van der Waals surface area contributed by atoms with E-state index in [-0.39, 0.29) is 35.8 Å². The van der Waals surface area contributed by atoms with Gasteiger partial charge in [-0.1, -0.05) is 25.0 Å². The van der Waals surface area contributed by atoms with Crippen molar-refractivity contribution in [3.05, 3.63) is 29.8 Å². The molecule has 0 aromatic heterocycles. The van der Waals surface area contributed by atoms with Crippen LogP contribution in [0.3, 0.4) is 0 Å². The van der Waals surface area contributed by atoms with E-state index in [4.69, 9.17) is 9.73 Å². The van der Waals surface area contributed by atoms with Gasteiger partial charge < -0.3 is 20.7 Å². The predicted molar refractivity (Wildman–Crippen MR) is 133 cm³/mol. The highest BCUT2D eigenvalue weighted by Gasteiger charge is 2.22. The molecular formula is C22H36IN5O2. The van der Waals surface area contributed by atoms with Crippen molar-refractivity contribution in [1.29, 1.82) is 0 Å². The van der Waals surface area contributed by atoms with Crippen molar-refractivity contribution in [2.75, 3.05) is 51.3 Å². The summed E-state index contributed by atoms with van der Waals surface area (Å²) in [5.74, 6) is 1.15. The zero-order valence-electron chi connectivity index (χ0n) is 18.0. The van der Waals surface area contributed by atoms with Crippen LogP contribution >= 0.6 is 24.0 Å². The Morgan fingerprint density at radius 1 is 1.20 bits per heavy atom. The van der Waals surface area contributed by atoms with Crippen molar-refractivity contribution < 1.29 is 9.53 Å². The Hall–Kier alpha value is -1.39. The van der Waals surface area contributed by atoms with Crippen LogP contribution < -0.4 is 16.0 Å². The summed E-state index contributed by atoms with van der Waals surface area (Å²) in [4.78, 5) is 19.5. The summed E-state index contributed by atoms with van der Waals surface area (Å²) in [5, 5.41) is 9.78. The molecule has 1 aliphatic heterocycles. The Morgan fingerprint density at radius 3 is 2.70 bits per heavy atom. The Labute approximate surface area is 197 Å². The second kappa shape index (κ2) is 13.8. The van der Waals surface area contributed by atoms with Crippen LogP contribution in [0.15, 0.2) is 29.3 Å². The van der Waals surface area contributed by atoms with Crippen molar-refractivity contribution >= 4 is 41.5 Å². The molecule has 2 aliphatic rings. The van der Waals surface area contributed by atoms with Crippen LogP contribution in [0.1, 0.15) is 38.2 Å². The molecule has 7 nitrogen and oxygen atoms in total. The van der Waals surface area contributed by atoms with Crippen molar-refractivity contribution in [2.24, 2.45) is 10.9 Å². The number of benzene rings is 1. The molecule has 0 atom stereocenters. The minimum absolute atomic E-state index is 0. The number of aliphatic imine (C=N–C) groups is 1. The molecule has 0 spiro atoms. The maximum atomic E-state index is 12.4. The number of hydrogen-bond acceptors (Lipinski definition) is 4. The molecule has 1 heterocycles. The van der Waals surface area contributed by atoms with Gasteiger partial charge >= 0.3 is 0 Å². The van der Waals surface area contributed by atoms with Crippen LogP contribution in [-0.4, -0.2) is 62.7 Å². The van der Waals surface area contributed by atoms with Crippen LogP contribution in [0, 0.1) is 5.92 Å². The number of nitrogens with zero attached hydrogens (tertiary/aromatic N) is 2. The van der Waals surface area contributed by atoms with Crippen LogP contribution in [-0.2, 0) is 16.1 Å². The summed E-state index contributed by atoms with van der Waals surface area (Å²) in [7, 11) is 0. The van der Waals surface area contributed by atoms with E-state index in [1.54, 1.807) is 0 Å². The smallest absolute Gasteiger partial charge is 0.227 e. The molecule has 8 heteroatoms. The van der Waals surface area contributed by atoms with Crippen molar-refractivity contribution in [3.8, 4) is 0 Å². The number of nitrogens with one attached hydrogen (secondary N) is 3. The van der Waals surface area contributed by atoms with E-state index in [9.17, 15) is 4.79 Å². The van der Waals surface area contributed by atoms with Crippen molar-refractivity contribution in [2.45, 2.75) is 39.2 Å². The fourth-order valence-electron chi connectivity index (χ4n) is 3.85. The third-order valence-electron chi connectivity index (χ3n) is 5.51. The highest BCUT2D eigenvalue weighted by Crippen LogP contribution is 2.26. The SMILES string of the molecule is CCNC(=NCc1cccc(NC(=O)C2CCCC2)c1)NCCN1CCOCC1.I. The summed E-state index contributed by atoms with van der Waals surface area (Å²) in [6.45, 7) is 8.92. The zero-order valence-corrected chi connectivity index (χ0v) is 20.3. The molecule has 0 radical (unpaired) electrons. The summed E-state index contributed by atoms with van der Waals surface area (Å²) < 4.78 is 5.39. The monoisotopic (exact) mass is 529 g/mol. The third kappa shape index (κ3) is 8.39. The first-order chi connectivity index (χ1) is 14.2. The number of carbonyl (C=O) groups excluding carboxylic acids is 1. The average Bonchev–Trinajstić information content (AvgIpc) is 3.28. The van der Waals surface area contributed by atoms with Crippen LogP contribution in [0.2, 0.25) is 0 Å². The second-order valence-corrected chi connectivity index (χ2v) is 7.75. The van der Waals surface area contributed by atoms with Gasteiger partial charge in [0.2, 0.25) is 5.91 Å². The van der Waals surface area contributed by atoms with Gasteiger partial charge in [-0.3, -0.25) is 9.69 Å². The normalized spacial score (nSPS) is 18.0. The maximum Gasteiger partial charge on any atom is 0.227 e. The summed E-state index contributed by atoms with van der Waals surface area (Å²) in [5.41, 5.74) is 1.94. The van der Waals surface area contributed by atoms with Gasteiger partial charge in [-0.25, -0.2) is 4.99 Å². The van der Waals surface area contributed by atoms with E-state index in [2.05, 4.69) is 27.8 Å². The molecule has 0 bridgehead atoms. The number of morpholine rings is 1. The second-order valence-electron chi connectivity index (χ2n) is 7.75. The van der Waals surface area contributed by atoms with E-state index < -0.39 is 0 Å². The maximum absolute atomic E-state index is 12.4. The topological polar surface area (TPSA) is 78.0 Å². The highest BCUT2D eigenvalue weighted by atomic mass is 127. The molecular weight excluding hydrogens is 493 g/mol. The quantitative estimate of drug-likeness (QED) is 0.274. The molecule has 1 saturated heterocycles. The highest BCUT2D eigenvalue weighted by molar-refractivity contribution is 14.0. The van der Waals surface area contributed by atoms with Crippen LogP contribution in [0.4, 0.5) is 5.69 Å². The molecule has 1 aromatic carbocycles. The first-order valence-electron chi connectivity index (χ1n) is 11.0. The van der Waals surface area contributed by atoms with Gasteiger partial charge in [0.05, 0.1) is 19.8 Å². The van der Waals surface area contributed by atoms with Gasteiger partial charge in [-0.15, -0.1) is 24.0 Å². The van der Waals surface area contributed by atoms with Gasteiger partial charge in [0, 0.05) is 44.3 Å². The average molecular weight is 529 g/mol. The number of carbonyl (C=O) groups is 1. The van der Waals surface area contributed by atoms with Gasteiger partial charge in [-0.2, -0.15) is 0 Å². The number of anilines is 1. The molecule has 0 unspecified atom stereocenters. The first-order valence-corrected chi connectivity index (χ1v) is 11.0. The molecule has 2 fully saturated rings. The molecule has 3 N–H and O–H groups in total. The minimum Gasteiger partial charge on any atom is -0.379 e. The van der Waals surface area contributed by atoms with Crippen molar-refractivity contribution in [3.63, 3.8) is 0 Å². The van der Waals surface area contributed by atoms with E-state index in [0.717, 1.165) is 76.0 Å². The third-order valence-corrected chi connectivity index (χ3v) is 5.51. The van der Waals surface area contributed by atoms with Gasteiger partial charge in [0.25, 0.3) is 0 Å². The fourth-order valence-corrected chi connectivity index (χ4v) is 3.85. The molecule has 1 saturated carbocycles. The molecule has 1 amide bonds. The number of hydrogen-bond donors (Lipinski definition) is 3. The van der Waals surface area contributed by atoms with E-state index in [0.29, 0.717) is 6.54 Å². The Kier molecular flexibility index (Phi) is 11.5. The van der Waals surface area contributed by atoms with E-state index in [1.165, 1.54) is 12.8 Å². The Morgan fingerprint density at radius 2 is 1.97 bits per heavy atom. The zero-order chi connectivity index (χ0) is 20.3. The standard InChI is InChI=1S/C22H35N5O2.HI/c1-2-23-22(24-10-11-27-12-14-29-15-13-27)25-17-18-6-5-9-20(16-18)26-21(28)19-7-3-4-8-19;/h5-6,9,16,19H,2-4,7-8,10-15,17H2,1H3,(H,26,28)(H2,23,24,25);1H. The lowest BCUT2D eigenvalue weighted by Gasteiger charge is -2.26. The fraction of sp³-hybridized carbons (Fsp3) is 0.636. The number of ether oxygens (including phenoxy) is 1. The van der Waals surface area contributed by atoms with E-state index in [1.807, 2.05) is 24.3 Å². The lowest BCUT2D eigenvalue weighted by atomic mass is 10.1. The first kappa shape index (κ1) is 24.9. The minimum atomic E-state index is 0. The Balaban J connectivity index is 0.00000320. The summed E-state index contributed by atoms with van der Waals surface area (Å²) in [6.07, 6.45) is 4.35. The Bertz CT molecular complexity index is 673. The number of halogens is 1. The van der Waals surface area contributed by atoms with Crippen molar-refractivity contribution in [1.82, 2.24) is 15.5 Å². The number of guanidine groups is 1.